The van der Waals surface area contributed by atoms with Gasteiger partial charge in [-0.1, -0.05) is 18.2 Å². The van der Waals surface area contributed by atoms with E-state index >= 15 is 0 Å². The maximum absolute atomic E-state index is 12.8. The molecule has 2 rings (SSSR count). The highest BCUT2D eigenvalue weighted by atomic mass is 32.2. The SMILES string of the molecule is C=CCCC(=O)N1CCCN1C(=O)c1ccccc1S(C)(=O)=O. The number of hydrogen-bond acceptors (Lipinski definition) is 4. The molecule has 0 aromatic heterocycles. The highest BCUT2D eigenvalue weighted by molar-refractivity contribution is 7.90. The van der Waals surface area contributed by atoms with E-state index in [1.807, 2.05) is 0 Å². The average Bonchev–Trinajstić information content (AvgIpc) is 3.00. The van der Waals surface area contributed by atoms with Gasteiger partial charge in [-0.3, -0.25) is 14.6 Å². The summed E-state index contributed by atoms with van der Waals surface area (Å²) in [6.45, 7) is 4.44. The smallest absolute Gasteiger partial charge is 0.273 e. The molecule has 1 heterocycles. The fraction of sp³-hybridized carbons (Fsp3) is 0.375. The van der Waals surface area contributed by atoms with Crippen LogP contribution in [0.1, 0.15) is 29.6 Å². The van der Waals surface area contributed by atoms with Crippen LogP contribution in [0, 0.1) is 0 Å². The number of hydrazine groups is 1. The Kier molecular flexibility index (Phi) is 5.20. The van der Waals surface area contributed by atoms with Gasteiger partial charge in [-0.15, -0.1) is 6.58 Å². The third kappa shape index (κ3) is 3.79. The number of amides is 2. The van der Waals surface area contributed by atoms with Crippen molar-refractivity contribution in [2.75, 3.05) is 19.3 Å². The zero-order valence-electron chi connectivity index (χ0n) is 13.1. The van der Waals surface area contributed by atoms with E-state index in [-0.39, 0.29) is 22.8 Å². The summed E-state index contributed by atoms with van der Waals surface area (Å²) < 4.78 is 23.7. The van der Waals surface area contributed by atoms with Crippen molar-refractivity contribution in [3.05, 3.63) is 42.5 Å². The number of sulfone groups is 1. The summed E-state index contributed by atoms with van der Waals surface area (Å²) in [4.78, 5) is 24.9. The molecule has 1 aromatic rings. The largest absolute Gasteiger partial charge is 0.273 e. The Morgan fingerprint density at radius 1 is 1.22 bits per heavy atom. The molecule has 2 amide bonds. The third-order valence-electron chi connectivity index (χ3n) is 3.63. The normalized spacial score (nSPS) is 14.8. The zero-order chi connectivity index (χ0) is 17.0. The molecular weight excluding hydrogens is 316 g/mol. The van der Waals surface area contributed by atoms with Gasteiger partial charge in [-0.2, -0.15) is 0 Å². The van der Waals surface area contributed by atoms with E-state index in [1.165, 1.54) is 22.2 Å². The maximum atomic E-state index is 12.8. The van der Waals surface area contributed by atoms with Crippen LogP contribution in [0.3, 0.4) is 0 Å². The fourth-order valence-corrected chi connectivity index (χ4v) is 3.42. The first kappa shape index (κ1) is 17.2. The van der Waals surface area contributed by atoms with Gasteiger partial charge in [0.15, 0.2) is 9.84 Å². The van der Waals surface area contributed by atoms with Gasteiger partial charge in [0.1, 0.15) is 0 Å². The van der Waals surface area contributed by atoms with Gasteiger partial charge >= 0.3 is 0 Å². The Labute approximate surface area is 136 Å². The molecule has 1 aromatic carbocycles. The van der Waals surface area contributed by atoms with Gasteiger partial charge < -0.3 is 0 Å². The lowest BCUT2D eigenvalue weighted by atomic mass is 10.2. The van der Waals surface area contributed by atoms with Gasteiger partial charge in [-0.25, -0.2) is 13.4 Å². The molecule has 1 aliphatic rings. The van der Waals surface area contributed by atoms with Crippen LogP contribution in [-0.2, 0) is 14.6 Å². The van der Waals surface area contributed by atoms with E-state index in [0.717, 1.165) is 6.26 Å². The predicted octanol–water partition coefficient (Wildman–Crippen LogP) is 1.65. The van der Waals surface area contributed by atoms with Crippen LogP contribution >= 0.6 is 0 Å². The van der Waals surface area contributed by atoms with Crippen LogP contribution in [-0.4, -0.2) is 49.6 Å². The molecular formula is C16H20N2O4S. The molecule has 0 radical (unpaired) electrons. The van der Waals surface area contributed by atoms with Crippen LogP contribution < -0.4 is 0 Å². The number of carbonyl (C=O) groups excluding carboxylic acids is 2. The minimum atomic E-state index is -3.52. The van der Waals surface area contributed by atoms with Crippen LogP contribution in [0.15, 0.2) is 41.8 Å². The van der Waals surface area contributed by atoms with Gasteiger partial charge in [0, 0.05) is 25.8 Å². The van der Waals surface area contributed by atoms with E-state index in [9.17, 15) is 18.0 Å². The molecule has 1 aliphatic heterocycles. The van der Waals surface area contributed by atoms with Crippen LogP contribution in [0.4, 0.5) is 0 Å². The maximum Gasteiger partial charge on any atom is 0.273 e. The first-order valence-corrected chi connectivity index (χ1v) is 9.27. The number of hydrogen-bond donors (Lipinski definition) is 0. The molecule has 0 aliphatic carbocycles. The number of carbonyl (C=O) groups is 2. The highest BCUT2D eigenvalue weighted by Gasteiger charge is 2.32. The molecule has 0 spiro atoms. The first-order valence-electron chi connectivity index (χ1n) is 7.38. The Hall–Kier alpha value is -2.15. The summed E-state index contributed by atoms with van der Waals surface area (Å²) in [6, 6.07) is 6.07. The molecule has 124 valence electrons. The molecule has 6 nitrogen and oxygen atoms in total. The second-order valence-electron chi connectivity index (χ2n) is 5.39. The van der Waals surface area contributed by atoms with Crippen molar-refractivity contribution in [2.45, 2.75) is 24.2 Å². The quantitative estimate of drug-likeness (QED) is 0.766. The van der Waals surface area contributed by atoms with Crippen LogP contribution in [0.2, 0.25) is 0 Å². The van der Waals surface area contributed by atoms with Gasteiger partial charge in [-0.05, 0) is 25.0 Å². The van der Waals surface area contributed by atoms with Gasteiger partial charge in [0.2, 0.25) is 5.91 Å². The zero-order valence-corrected chi connectivity index (χ0v) is 13.9. The van der Waals surface area contributed by atoms with E-state index < -0.39 is 15.7 Å². The standard InChI is InChI=1S/C16H20N2O4S/c1-3-4-10-15(19)17-11-7-12-18(17)16(20)13-8-5-6-9-14(13)23(2,21)22/h3,5-6,8-9H,1,4,7,10-12H2,2H3. The van der Waals surface area contributed by atoms with E-state index in [2.05, 4.69) is 6.58 Å². The van der Waals surface area contributed by atoms with E-state index in [1.54, 1.807) is 18.2 Å². The molecule has 0 saturated carbocycles. The van der Waals surface area contributed by atoms with Crippen molar-refractivity contribution in [2.24, 2.45) is 0 Å². The monoisotopic (exact) mass is 336 g/mol. The summed E-state index contributed by atoms with van der Waals surface area (Å²) in [6.07, 6.45) is 4.21. The molecule has 1 fully saturated rings. The molecule has 0 N–H and O–H groups in total. The minimum absolute atomic E-state index is 0.0182. The first-order chi connectivity index (χ1) is 10.9. The lowest BCUT2D eigenvalue weighted by Gasteiger charge is -2.28. The highest BCUT2D eigenvalue weighted by Crippen LogP contribution is 2.21. The number of rotatable bonds is 5. The third-order valence-corrected chi connectivity index (χ3v) is 4.79. The molecule has 0 atom stereocenters. The Morgan fingerprint density at radius 2 is 1.87 bits per heavy atom. The van der Waals surface area contributed by atoms with Crippen LogP contribution in [0.5, 0.6) is 0 Å². The summed E-state index contributed by atoms with van der Waals surface area (Å²) in [7, 11) is -3.52. The molecule has 23 heavy (non-hydrogen) atoms. The number of benzene rings is 1. The summed E-state index contributed by atoms with van der Waals surface area (Å²) >= 11 is 0. The van der Waals surface area contributed by atoms with Crippen molar-refractivity contribution >= 4 is 21.7 Å². The second-order valence-corrected chi connectivity index (χ2v) is 7.38. The predicted molar refractivity (Wildman–Crippen MR) is 86.3 cm³/mol. The molecule has 0 bridgehead atoms. The van der Waals surface area contributed by atoms with Crippen molar-refractivity contribution in [3.8, 4) is 0 Å². The summed E-state index contributed by atoms with van der Waals surface area (Å²) in [5.41, 5.74) is 0.0958. The summed E-state index contributed by atoms with van der Waals surface area (Å²) in [5.74, 6) is -0.622. The van der Waals surface area contributed by atoms with E-state index in [4.69, 9.17) is 0 Å². The Balaban J connectivity index is 2.30. The molecule has 1 saturated heterocycles. The fourth-order valence-electron chi connectivity index (χ4n) is 2.54. The topological polar surface area (TPSA) is 74.8 Å². The lowest BCUT2D eigenvalue weighted by molar-refractivity contribution is -0.140. The van der Waals surface area contributed by atoms with Crippen molar-refractivity contribution < 1.29 is 18.0 Å². The lowest BCUT2D eigenvalue weighted by Crippen LogP contribution is -2.45. The molecule has 7 heteroatoms. The number of allylic oxidation sites excluding steroid dienone is 1. The molecule has 0 unspecified atom stereocenters. The summed E-state index contributed by atoms with van der Waals surface area (Å²) in [5, 5.41) is 2.75. The van der Waals surface area contributed by atoms with Crippen molar-refractivity contribution in [1.29, 1.82) is 0 Å². The second kappa shape index (κ2) is 6.95. The van der Waals surface area contributed by atoms with Gasteiger partial charge in [0.05, 0.1) is 10.5 Å². The van der Waals surface area contributed by atoms with Gasteiger partial charge in [0.25, 0.3) is 5.91 Å². The average molecular weight is 336 g/mol. The van der Waals surface area contributed by atoms with Crippen molar-refractivity contribution in [3.63, 3.8) is 0 Å². The van der Waals surface area contributed by atoms with E-state index in [0.29, 0.717) is 25.9 Å². The minimum Gasteiger partial charge on any atom is -0.273 e. The Bertz CT molecular complexity index is 727. The Morgan fingerprint density at radius 3 is 2.52 bits per heavy atom. The van der Waals surface area contributed by atoms with Crippen molar-refractivity contribution in [1.82, 2.24) is 10.0 Å². The van der Waals surface area contributed by atoms with Crippen LogP contribution in [0.25, 0.3) is 0 Å². The number of nitrogens with zero attached hydrogens (tertiary/aromatic N) is 2.